The van der Waals surface area contributed by atoms with Crippen LogP contribution in [0.4, 0.5) is 0 Å². The van der Waals surface area contributed by atoms with Crippen LogP contribution in [0.1, 0.15) is 20.3 Å². The Kier molecular flexibility index (Phi) is 7.60. The maximum absolute atomic E-state index is 5.83. The van der Waals surface area contributed by atoms with Gasteiger partial charge in [-0.1, -0.05) is 0 Å². The second-order valence-electron chi connectivity index (χ2n) is 3.67. The van der Waals surface area contributed by atoms with Gasteiger partial charge in [-0.15, -0.1) is 24.8 Å². The molecule has 0 aliphatic carbocycles. The van der Waals surface area contributed by atoms with E-state index in [2.05, 4.69) is 4.89 Å². The summed E-state index contributed by atoms with van der Waals surface area (Å²) in [6, 6.07) is -0.106. The van der Waals surface area contributed by atoms with Gasteiger partial charge in [-0.25, -0.2) is 0 Å². The van der Waals surface area contributed by atoms with E-state index >= 15 is 0 Å². The van der Waals surface area contributed by atoms with E-state index in [9.17, 15) is 0 Å². The monoisotopic (exact) mass is 244 g/mol. The van der Waals surface area contributed by atoms with Crippen molar-refractivity contribution in [2.24, 2.45) is 11.5 Å². The fourth-order valence-corrected chi connectivity index (χ4v) is 0.868. The molecule has 1 heterocycles. The summed E-state index contributed by atoms with van der Waals surface area (Å²) in [5.41, 5.74) is 11.3. The van der Waals surface area contributed by atoms with Crippen LogP contribution in [0.5, 0.6) is 0 Å². The topological polar surface area (TPSA) is 70.5 Å². The van der Waals surface area contributed by atoms with E-state index in [0.29, 0.717) is 13.0 Å². The largest absolute Gasteiger partial charge is 0.342 e. The van der Waals surface area contributed by atoms with Crippen molar-refractivity contribution in [3.05, 3.63) is 11.8 Å². The summed E-state index contributed by atoms with van der Waals surface area (Å²) in [6.45, 7) is 4.30. The fourth-order valence-electron chi connectivity index (χ4n) is 0.868. The van der Waals surface area contributed by atoms with Crippen LogP contribution in [0.25, 0.3) is 0 Å². The molecule has 0 saturated heterocycles. The smallest absolute Gasteiger partial charge is 0.142 e. The number of rotatable bonds is 3. The van der Waals surface area contributed by atoms with Gasteiger partial charge in [0.05, 0.1) is 0 Å². The summed E-state index contributed by atoms with van der Waals surface area (Å²) in [5.74, 6) is 0.779. The summed E-state index contributed by atoms with van der Waals surface area (Å²) in [4.78, 5) is 9.53. The summed E-state index contributed by atoms with van der Waals surface area (Å²) in [5, 5.41) is 0. The van der Waals surface area contributed by atoms with Crippen molar-refractivity contribution < 1.29 is 9.78 Å². The van der Waals surface area contributed by atoms with Crippen LogP contribution in [0.2, 0.25) is 0 Å². The van der Waals surface area contributed by atoms with E-state index in [-0.39, 0.29) is 36.4 Å². The van der Waals surface area contributed by atoms with Crippen molar-refractivity contribution in [2.45, 2.75) is 31.8 Å². The zero-order valence-electron chi connectivity index (χ0n) is 8.36. The maximum atomic E-state index is 5.83. The standard InChI is InChI=1S/C8H16N2O2.2ClH/c1-8(2,10)7(9)5-6-3-4-11-12-6;;/h3,7H,4-5,9-10H2,1-2H3;2*1H. The Morgan fingerprint density at radius 2 is 2.07 bits per heavy atom. The zero-order valence-corrected chi connectivity index (χ0v) is 9.99. The Bertz CT molecular complexity index is 192. The molecule has 0 aromatic heterocycles. The highest BCUT2D eigenvalue weighted by atomic mass is 35.5. The SMILES string of the molecule is CC(C)(N)C(N)CC1=CCOO1.Cl.Cl. The first kappa shape index (κ1) is 16.4. The second-order valence-corrected chi connectivity index (χ2v) is 3.67. The van der Waals surface area contributed by atoms with Crippen molar-refractivity contribution in [3.63, 3.8) is 0 Å². The Labute approximate surface area is 96.7 Å². The Balaban J connectivity index is 0. The lowest BCUT2D eigenvalue weighted by Gasteiger charge is -2.26. The quantitative estimate of drug-likeness (QED) is 0.731. The van der Waals surface area contributed by atoms with Crippen molar-refractivity contribution in [1.29, 1.82) is 0 Å². The highest BCUT2D eigenvalue weighted by Crippen LogP contribution is 2.16. The van der Waals surface area contributed by atoms with Crippen LogP contribution in [0.15, 0.2) is 11.8 Å². The van der Waals surface area contributed by atoms with Crippen molar-refractivity contribution in [3.8, 4) is 0 Å². The van der Waals surface area contributed by atoms with Gasteiger partial charge in [-0.3, -0.25) is 0 Å². The molecule has 0 fully saturated rings. The van der Waals surface area contributed by atoms with Crippen LogP contribution in [0.3, 0.4) is 0 Å². The molecule has 1 rings (SSSR count). The zero-order chi connectivity index (χ0) is 9.19. The minimum absolute atomic E-state index is 0. The van der Waals surface area contributed by atoms with Crippen LogP contribution < -0.4 is 11.5 Å². The molecule has 0 aromatic rings. The molecular weight excluding hydrogens is 227 g/mol. The molecule has 0 saturated carbocycles. The van der Waals surface area contributed by atoms with E-state index in [4.69, 9.17) is 16.4 Å². The first-order valence-corrected chi connectivity index (χ1v) is 4.03. The number of halogens is 2. The third kappa shape index (κ3) is 5.02. The second kappa shape index (κ2) is 6.48. The molecule has 1 aliphatic heterocycles. The predicted molar refractivity (Wildman–Crippen MR) is 60.5 cm³/mol. The van der Waals surface area contributed by atoms with Gasteiger partial charge in [0.1, 0.15) is 12.4 Å². The highest BCUT2D eigenvalue weighted by Gasteiger charge is 2.24. The van der Waals surface area contributed by atoms with Crippen molar-refractivity contribution >= 4 is 24.8 Å². The first-order valence-electron chi connectivity index (χ1n) is 4.03. The number of hydrogen-bond donors (Lipinski definition) is 2. The highest BCUT2D eigenvalue weighted by molar-refractivity contribution is 5.85. The first-order chi connectivity index (χ1) is 5.50. The molecule has 14 heavy (non-hydrogen) atoms. The van der Waals surface area contributed by atoms with E-state index in [1.165, 1.54) is 0 Å². The van der Waals surface area contributed by atoms with Crippen LogP contribution in [-0.4, -0.2) is 18.2 Å². The van der Waals surface area contributed by atoms with Crippen LogP contribution in [-0.2, 0) is 9.78 Å². The average Bonchev–Trinajstić information content (AvgIpc) is 2.37. The minimum Gasteiger partial charge on any atom is -0.342 e. The van der Waals surface area contributed by atoms with Crippen LogP contribution >= 0.6 is 24.8 Å². The lowest BCUT2D eigenvalue weighted by atomic mass is 9.93. The fraction of sp³-hybridized carbons (Fsp3) is 0.750. The van der Waals surface area contributed by atoms with Gasteiger partial charge < -0.3 is 16.4 Å². The molecule has 0 radical (unpaired) electrons. The maximum Gasteiger partial charge on any atom is 0.142 e. The molecule has 1 atom stereocenters. The molecule has 1 unspecified atom stereocenters. The molecule has 6 heteroatoms. The van der Waals surface area contributed by atoms with E-state index in [1.807, 2.05) is 19.9 Å². The van der Waals surface area contributed by atoms with Gasteiger partial charge in [-0.2, -0.15) is 4.89 Å². The molecule has 0 spiro atoms. The summed E-state index contributed by atoms with van der Waals surface area (Å²) in [6.07, 6.45) is 2.50. The summed E-state index contributed by atoms with van der Waals surface area (Å²) >= 11 is 0. The lowest BCUT2D eigenvalue weighted by Crippen LogP contribution is -2.50. The molecule has 4 nitrogen and oxygen atoms in total. The van der Waals surface area contributed by atoms with Gasteiger partial charge in [-0.05, 0) is 19.9 Å². The van der Waals surface area contributed by atoms with E-state index in [1.54, 1.807) is 0 Å². The molecule has 4 N–H and O–H groups in total. The average molecular weight is 245 g/mol. The Morgan fingerprint density at radius 1 is 1.50 bits per heavy atom. The van der Waals surface area contributed by atoms with Crippen molar-refractivity contribution in [2.75, 3.05) is 6.61 Å². The lowest BCUT2D eigenvalue weighted by molar-refractivity contribution is -0.236. The summed E-state index contributed by atoms with van der Waals surface area (Å²) in [7, 11) is 0. The third-order valence-corrected chi connectivity index (χ3v) is 1.92. The molecular formula is C8H18Cl2N2O2. The summed E-state index contributed by atoms with van der Waals surface area (Å²) < 4.78 is 0. The van der Waals surface area contributed by atoms with Gasteiger partial charge >= 0.3 is 0 Å². The Hall–Kier alpha value is -0.000000000000000111. The molecule has 0 bridgehead atoms. The number of hydrogen-bond acceptors (Lipinski definition) is 4. The van der Waals surface area contributed by atoms with Gasteiger partial charge in [0.15, 0.2) is 0 Å². The van der Waals surface area contributed by atoms with Gasteiger partial charge in [0, 0.05) is 18.0 Å². The molecule has 0 aromatic carbocycles. The van der Waals surface area contributed by atoms with Gasteiger partial charge in [0.2, 0.25) is 0 Å². The predicted octanol–water partition coefficient (Wildman–Crippen LogP) is 1.13. The normalized spacial score (nSPS) is 17.3. The molecule has 1 aliphatic rings. The molecule has 86 valence electrons. The van der Waals surface area contributed by atoms with E-state index in [0.717, 1.165) is 5.76 Å². The van der Waals surface area contributed by atoms with Gasteiger partial charge in [0.25, 0.3) is 0 Å². The molecule has 0 amide bonds. The Morgan fingerprint density at radius 3 is 2.43 bits per heavy atom. The minimum atomic E-state index is -0.382. The number of nitrogens with two attached hydrogens (primary N) is 2. The van der Waals surface area contributed by atoms with Crippen molar-refractivity contribution in [1.82, 2.24) is 0 Å². The third-order valence-electron chi connectivity index (χ3n) is 1.92. The van der Waals surface area contributed by atoms with E-state index < -0.39 is 0 Å². The van der Waals surface area contributed by atoms with Crippen LogP contribution in [0, 0.1) is 0 Å².